The highest BCUT2D eigenvalue weighted by Gasteiger charge is 2.46. The van der Waals surface area contributed by atoms with Crippen molar-refractivity contribution in [2.45, 2.75) is 37.1 Å². The number of hydrogen-bond acceptors (Lipinski definition) is 2. The molecule has 0 unspecified atom stereocenters. The molecule has 1 fully saturated rings. The maximum atomic E-state index is 3.75. The number of nitrogens with one attached hydrogen (secondary N) is 1. The third-order valence-corrected chi connectivity index (χ3v) is 6.34. The van der Waals surface area contributed by atoms with Gasteiger partial charge in [-0.1, -0.05) is 31.5 Å². The quantitative estimate of drug-likeness (QED) is 0.846. The summed E-state index contributed by atoms with van der Waals surface area (Å²) in [6.45, 7) is 7.26. The minimum absolute atomic E-state index is 0.207. The van der Waals surface area contributed by atoms with Crippen LogP contribution in [0.15, 0.2) is 29.2 Å². The lowest BCUT2D eigenvalue weighted by Gasteiger charge is -2.33. The Morgan fingerprint density at radius 2 is 2.25 bits per heavy atom. The molecule has 2 aromatic rings. The second-order valence-corrected chi connectivity index (χ2v) is 7.53. The molecule has 0 bridgehead atoms. The first kappa shape index (κ1) is 12.8. The maximum Gasteiger partial charge on any atom is 0.0598 e. The summed E-state index contributed by atoms with van der Waals surface area (Å²) in [6.07, 6.45) is 2.60. The summed E-state index contributed by atoms with van der Waals surface area (Å²) >= 11 is 2.04. The third-order valence-electron chi connectivity index (χ3n) is 5.24. The van der Waals surface area contributed by atoms with Gasteiger partial charge in [0, 0.05) is 34.6 Å². The lowest BCUT2D eigenvalue weighted by molar-refractivity contribution is 0.162. The fraction of sp³-hybridized carbons (Fsp3) is 0.529. The van der Waals surface area contributed by atoms with Crippen LogP contribution in [0, 0.1) is 5.92 Å². The van der Waals surface area contributed by atoms with Crippen LogP contribution < -0.4 is 0 Å². The van der Waals surface area contributed by atoms with E-state index >= 15 is 0 Å². The van der Waals surface area contributed by atoms with Crippen molar-refractivity contribution in [2.24, 2.45) is 5.92 Å². The molecule has 3 heterocycles. The Hall–Kier alpha value is -0.930. The fourth-order valence-electron chi connectivity index (χ4n) is 4.04. The average molecular weight is 286 g/mol. The number of fused-ring (bicyclic) bond motifs is 5. The molecule has 106 valence electrons. The van der Waals surface area contributed by atoms with Crippen molar-refractivity contribution in [3.8, 4) is 0 Å². The zero-order chi connectivity index (χ0) is 13.7. The van der Waals surface area contributed by atoms with Crippen molar-refractivity contribution in [1.29, 1.82) is 0 Å². The van der Waals surface area contributed by atoms with E-state index in [1.807, 2.05) is 11.8 Å². The molecule has 1 saturated heterocycles. The van der Waals surface area contributed by atoms with E-state index in [4.69, 9.17) is 0 Å². The van der Waals surface area contributed by atoms with Crippen LogP contribution in [0.2, 0.25) is 0 Å². The minimum atomic E-state index is 0.207. The number of para-hydroxylation sites is 1. The molecule has 2 nitrogen and oxygen atoms in total. The highest BCUT2D eigenvalue weighted by atomic mass is 32.2. The highest BCUT2D eigenvalue weighted by Crippen LogP contribution is 2.49. The SMILES string of the molecule is CC[C@@H]1CN2CCSc3c([nH]c4ccccc34)[C@@]2(C)C1. The zero-order valence-corrected chi connectivity index (χ0v) is 13.1. The molecule has 20 heavy (non-hydrogen) atoms. The number of aromatic amines is 1. The topological polar surface area (TPSA) is 19.0 Å². The molecule has 2 atom stereocenters. The van der Waals surface area contributed by atoms with Crippen LogP contribution in [-0.2, 0) is 5.54 Å². The number of hydrogen-bond donors (Lipinski definition) is 1. The van der Waals surface area contributed by atoms with Crippen LogP contribution in [0.25, 0.3) is 10.9 Å². The second-order valence-electron chi connectivity index (χ2n) is 6.42. The monoisotopic (exact) mass is 286 g/mol. The van der Waals surface area contributed by atoms with E-state index in [1.54, 1.807) is 0 Å². The Balaban J connectivity index is 1.91. The van der Waals surface area contributed by atoms with E-state index in [0.29, 0.717) is 0 Å². The first-order chi connectivity index (χ1) is 9.72. The Labute approximate surface area is 124 Å². The van der Waals surface area contributed by atoms with Crippen LogP contribution in [0.3, 0.4) is 0 Å². The van der Waals surface area contributed by atoms with Gasteiger partial charge in [0.2, 0.25) is 0 Å². The summed E-state index contributed by atoms with van der Waals surface area (Å²) in [5.41, 5.74) is 2.98. The molecule has 0 amide bonds. The Morgan fingerprint density at radius 3 is 3.10 bits per heavy atom. The Kier molecular flexibility index (Phi) is 2.90. The normalized spacial score (nSPS) is 30.2. The first-order valence-corrected chi connectivity index (χ1v) is 8.70. The standard InChI is InChI=1S/C17H22N2S/c1-3-12-10-17(2)16-15(20-9-8-19(17)11-12)13-6-4-5-7-14(13)18-16/h4-7,12,18H,3,8-11H2,1-2H3/t12-,17+/m0/s1. The molecule has 2 aliphatic rings. The fourth-order valence-corrected chi connectivity index (χ4v) is 5.31. The van der Waals surface area contributed by atoms with Gasteiger partial charge in [0.15, 0.2) is 0 Å². The van der Waals surface area contributed by atoms with E-state index in [2.05, 4.69) is 48.0 Å². The van der Waals surface area contributed by atoms with E-state index in [1.165, 1.54) is 53.2 Å². The van der Waals surface area contributed by atoms with Crippen LogP contribution in [0.5, 0.6) is 0 Å². The van der Waals surface area contributed by atoms with E-state index in [-0.39, 0.29) is 5.54 Å². The van der Waals surface area contributed by atoms with Gasteiger partial charge in [0.05, 0.1) is 11.2 Å². The van der Waals surface area contributed by atoms with Crippen molar-refractivity contribution < 1.29 is 0 Å². The van der Waals surface area contributed by atoms with Crippen molar-refractivity contribution in [2.75, 3.05) is 18.8 Å². The number of aromatic nitrogens is 1. The van der Waals surface area contributed by atoms with Crippen LogP contribution in [0.4, 0.5) is 0 Å². The molecular weight excluding hydrogens is 264 g/mol. The van der Waals surface area contributed by atoms with Crippen molar-refractivity contribution in [1.82, 2.24) is 9.88 Å². The summed E-state index contributed by atoms with van der Waals surface area (Å²) in [4.78, 5) is 7.97. The second kappa shape index (κ2) is 4.54. The van der Waals surface area contributed by atoms with Crippen LogP contribution >= 0.6 is 11.8 Å². The predicted molar refractivity (Wildman–Crippen MR) is 86.3 cm³/mol. The van der Waals surface area contributed by atoms with E-state index in [9.17, 15) is 0 Å². The number of thioether (sulfide) groups is 1. The maximum absolute atomic E-state index is 3.75. The third kappa shape index (κ3) is 1.69. The molecule has 0 saturated carbocycles. The molecule has 0 spiro atoms. The van der Waals surface area contributed by atoms with Crippen LogP contribution in [0.1, 0.15) is 32.4 Å². The molecule has 4 rings (SSSR count). The summed E-state index contributed by atoms with van der Waals surface area (Å²) < 4.78 is 0. The first-order valence-electron chi connectivity index (χ1n) is 7.71. The summed E-state index contributed by atoms with van der Waals surface area (Å²) in [6, 6.07) is 8.77. The molecule has 0 radical (unpaired) electrons. The Morgan fingerprint density at radius 1 is 1.40 bits per heavy atom. The zero-order valence-electron chi connectivity index (χ0n) is 12.3. The van der Waals surface area contributed by atoms with Gasteiger partial charge in [0.1, 0.15) is 0 Å². The van der Waals surface area contributed by atoms with Gasteiger partial charge in [-0.25, -0.2) is 0 Å². The Bertz CT molecular complexity index is 647. The summed E-state index contributed by atoms with van der Waals surface area (Å²) in [5, 5.41) is 1.41. The van der Waals surface area contributed by atoms with Gasteiger partial charge in [-0.15, -0.1) is 11.8 Å². The predicted octanol–water partition coefficient (Wildman–Crippen LogP) is 4.22. The molecular formula is C17H22N2S. The van der Waals surface area contributed by atoms with Gasteiger partial charge < -0.3 is 4.98 Å². The summed E-state index contributed by atoms with van der Waals surface area (Å²) in [7, 11) is 0. The lowest BCUT2D eigenvalue weighted by Crippen LogP contribution is -2.39. The highest BCUT2D eigenvalue weighted by molar-refractivity contribution is 7.99. The van der Waals surface area contributed by atoms with Gasteiger partial charge >= 0.3 is 0 Å². The molecule has 2 aliphatic heterocycles. The largest absolute Gasteiger partial charge is 0.356 e. The van der Waals surface area contributed by atoms with Gasteiger partial charge in [-0.3, -0.25) is 4.90 Å². The summed E-state index contributed by atoms with van der Waals surface area (Å²) in [5.74, 6) is 2.06. The van der Waals surface area contributed by atoms with Crippen molar-refractivity contribution in [3.63, 3.8) is 0 Å². The number of benzene rings is 1. The average Bonchev–Trinajstić information content (AvgIpc) is 2.96. The smallest absolute Gasteiger partial charge is 0.0598 e. The van der Waals surface area contributed by atoms with E-state index < -0.39 is 0 Å². The van der Waals surface area contributed by atoms with Gasteiger partial charge in [-0.2, -0.15) is 0 Å². The van der Waals surface area contributed by atoms with Crippen molar-refractivity contribution in [3.05, 3.63) is 30.0 Å². The lowest BCUT2D eigenvalue weighted by atomic mass is 9.89. The number of rotatable bonds is 1. The van der Waals surface area contributed by atoms with Crippen LogP contribution in [-0.4, -0.2) is 28.7 Å². The number of nitrogens with zero attached hydrogens (tertiary/aromatic N) is 1. The van der Waals surface area contributed by atoms with Gasteiger partial charge in [-0.05, 0) is 25.3 Å². The molecule has 1 aromatic carbocycles. The van der Waals surface area contributed by atoms with E-state index in [0.717, 1.165) is 5.92 Å². The minimum Gasteiger partial charge on any atom is -0.356 e. The molecule has 3 heteroatoms. The molecule has 1 N–H and O–H groups in total. The molecule has 0 aliphatic carbocycles. The van der Waals surface area contributed by atoms with Gasteiger partial charge in [0.25, 0.3) is 0 Å². The molecule has 1 aromatic heterocycles. The van der Waals surface area contributed by atoms with Crippen molar-refractivity contribution >= 4 is 22.7 Å². The number of H-pyrrole nitrogens is 1.